The van der Waals surface area contributed by atoms with Crippen LogP contribution in [0.15, 0.2) is 6.07 Å². The average Bonchev–Trinajstić information content (AvgIpc) is 3.37. The van der Waals surface area contributed by atoms with Gasteiger partial charge in [-0.25, -0.2) is 9.59 Å². The fourth-order valence-corrected chi connectivity index (χ4v) is 5.51. The molecule has 0 aromatic carbocycles. The molecule has 0 spiro atoms. The zero-order chi connectivity index (χ0) is 23.5. The van der Waals surface area contributed by atoms with Crippen LogP contribution in [0.2, 0.25) is 0 Å². The number of rotatable bonds is 11. The number of hydrogen-bond acceptors (Lipinski definition) is 9. The summed E-state index contributed by atoms with van der Waals surface area (Å²) in [5.74, 6) is -1.89. The van der Waals surface area contributed by atoms with E-state index in [4.69, 9.17) is 16.3 Å². The molecule has 0 radical (unpaired) electrons. The Morgan fingerprint density at radius 2 is 2.03 bits per heavy atom. The van der Waals surface area contributed by atoms with E-state index >= 15 is 0 Å². The molecule has 2 fully saturated rings. The maximum atomic E-state index is 12.6. The lowest BCUT2D eigenvalue weighted by Crippen LogP contribution is -2.56. The third-order valence-corrected chi connectivity index (χ3v) is 7.29. The molecule has 178 valence electrons. The molecule has 0 aliphatic carbocycles. The van der Waals surface area contributed by atoms with Crippen LogP contribution in [0, 0.1) is 0 Å². The van der Waals surface area contributed by atoms with Gasteiger partial charge in [-0.2, -0.15) is 11.8 Å². The Kier molecular flexibility index (Phi) is 7.57. The molecule has 0 unspecified atom stereocenters. The summed E-state index contributed by atoms with van der Waals surface area (Å²) in [4.78, 5) is 41.2. The van der Waals surface area contributed by atoms with Crippen molar-refractivity contribution in [3.8, 4) is 11.8 Å². The van der Waals surface area contributed by atoms with Gasteiger partial charge in [-0.15, -0.1) is 4.73 Å². The minimum Gasteiger partial charge on any atom is -0.492 e. The molecule has 1 aromatic rings. The van der Waals surface area contributed by atoms with Gasteiger partial charge in [-0.3, -0.25) is 4.79 Å². The summed E-state index contributed by atoms with van der Waals surface area (Å²) < 4.78 is 0.503. The summed E-state index contributed by atoms with van der Waals surface area (Å²) in [5, 5.41) is 26.4. The first kappa shape index (κ1) is 24.2. The van der Waals surface area contributed by atoms with E-state index < -0.39 is 29.2 Å². The number of Topliss-reactive ketones (excluding diaryl/α,β-unsaturated/α-hetero) is 1. The number of aromatic nitrogens is 1. The van der Waals surface area contributed by atoms with Gasteiger partial charge in [0, 0.05) is 23.5 Å². The van der Waals surface area contributed by atoms with E-state index in [0.717, 1.165) is 31.1 Å². The largest absolute Gasteiger partial charge is 0.492 e. The summed E-state index contributed by atoms with van der Waals surface area (Å²) in [7, 11) is 0. The minimum absolute atomic E-state index is 0.0602. The number of hydrogen-bond donors (Lipinski definition) is 6. The van der Waals surface area contributed by atoms with Crippen LogP contribution in [-0.4, -0.2) is 61.5 Å². The highest BCUT2D eigenvalue weighted by Crippen LogP contribution is 2.33. The number of aromatic hydroxyl groups is 2. The minimum atomic E-state index is -1.71. The number of nitrogens with zero attached hydrogens (tertiary/aromatic N) is 1. The molecular weight excluding hydrogens is 438 g/mol. The molecule has 8 N–H and O–H groups in total. The summed E-state index contributed by atoms with van der Waals surface area (Å²) in [6.07, 6.45) is 3.79. The Hall–Kier alpha value is -2.44. The second-order valence-corrected chi connectivity index (χ2v) is 9.61. The van der Waals surface area contributed by atoms with E-state index in [1.165, 1.54) is 0 Å². The standard InChI is InChI=1S/C20H31N5O6S/c1-2-3-8-20(21,22)17(28)11-9-14(26)25(18(11)29)31-15(27)7-5-4-6-13-16-12(10-32-13)23-19(30)24-16/h9,12-13,16,26,29H,2-8,10,21-22H2,1H3,(H2,23,24,30)/t12-,13-,16-/m0/s1. The number of nitrogens with two attached hydrogens (primary N) is 2. The predicted octanol–water partition coefficient (Wildman–Crippen LogP) is 0.567. The molecule has 3 rings (SSSR count). The number of amides is 2. The molecule has 2 saturated heterocycles. The van der Waals surface area contributed by atoms with E-state index in [1.807, 2.05) is 6.92 Å². The summed E-state index contributed by atoms with van der Waals surface area (Å²) in [6.45, 7) is 1.92. The lowest BCUT2D eigenvalue weighted by Gasteiger charge is -2.22. The van der Waals surface area contributed by atoms with Crippen molar-refractivity contribution in [1.29, 1.82) is 0 Å². The molecule has 3 heterocycles. The normalized spacial score (nSPS) is 22.3. The van der Waals surface area contributed by atoms with Gasteiger partial charge in [0.25, 0.3) is 0 Å². The first-order chi connectivity index (χ1) is 15.1. The number of urea groups is 1. The number of thioether (sulfide) groups is 1. The highest BCUT2D eigenvalue weighted by atomic mass is 32.2. The molecular formula is C20H31N5O6S. The Labute approximate surface area is 190 Å². The number of carbonyl (C=O) groups is 3. The van der Waals surface area contributed by atoms with Crippen LogP contribution in [0.4, 0.5) is 4.79 Å². The van der Waals surface area contributed by atoms with Crippen LogP contribution in [0.3, 0.4) is 0 Å². The van der Waals surface area contributed by atoms with E-state index in [-0.39, 0.29) is 36.5 Å². The number of carbonyl (C=O) groups excluding carboxylic acids is 3. The maximum absolute atomic E-state index is 12.6. The van der Waals surface area contributed by atoms with Crippen LogP contribution < -0.4 is 26.9 Å². The van der Waals surface area contributed by atoms with Crippen molar-refractivity contribution in [3.05, 3.63) is 11.6 Å². The molecule has 32 heavy (non-hydrogen) atoms. The molecule has 1 aromatic heterocycles. The van der Waals surface area contributed by atoms with Crippen LogP contribution in [-0.2, 0) is 4.79 Å². The Bertz CT molecular complexity index is 873. The van der Waals surface area contributed by atoms with E-state index in [1.54, 1.807) is 11.8 Å². The van der Waals surface area contributed by atoms with Crippen molar-refractivity contribution in [3.63, 3.8) is 0 Å². The topological polar surface area (TPSA) is 182 Å². The molecule has 2 aliphatic rings. The van der Waals surface area contributed by atoms with Crippen LogP contribution in [0.1, 0.15) is 62.2 Å². The molecule has 0 saturated carbocycles. The lowest BCUT2D eigenvalue weighted by atomic mass is 9.95. The summed E-state index contributed by atoms with van der Waals surface area (Å²) in [6, 6.07) is 1.11. The van der Waals surface area contributed by atoms with Gasteiger partial charge in [0.05, 0.1) is 17.6 Å². The average molecular weight is 470 g/mol. The van der Waals surface area contributed by atoms with Crippen LogP contribution >= 0.6 is 11.8 Å². The highest BCUT2D eigenvalue weighted by molar-refractivity contribution is 8.00. The van der Waals surface area contributed by atoms with Gasteiger partial charge in [0.15, 0.2) is 0 Å². The second-order valence-electron chi connectivity index (χ2n) is 8.34. The quantitative estimate of drug-likeness (QED) is 0.117. The number of ketones is 1. The first-order valence-corrected chi connectivity index (χ1v) is 11.8. The zero-order valence-electron chi connectivity index (χ0n) is 18.0. The number of nitrogens with one attached hydrogen (secondary N) is 2. The van der Waals surface area contributed by atoms with Crippen molar-refractivity contribution in [2.24, 2.45) is 11.5 Å². The fraction of sp³-hybridized carbons (Fsp3) is 0.650. The fourth-order valence-electron chi connectivity index (χ4n) is 3.97. The van der Waals surface area contributed by atoms with Crippen molar-refractivity contribution in [2.75, 3.05) is 5.75 Å². The van der Waals surface area contributed by atoms with Crippen molar-refractivity contribution < 1.29 is 29.4 Å². The Morgan fingerprint density at radius 1 is 1.28 bits per heavy atom. The monoisotopic (exact) mass is 469 g/mol. The highest BCUT2D eigenvalue weighted by Gasteiger charge is 2.42. The van der Waals surface area contributed by atoms with Gasteiger partial charge in [0.1, 0.15) is 5.66 Å². The molecule has 2 aliphatic heterocycles. The van der Waals surface area contributed by atoms with E-state index in [2.05, 4.69) is 10.6 Å². The van der Waals surface area contributed by atoms with Crippen molar-refractivity contribution >= 4 is 29.5 Å². The third kappa shape index (κ3) is 5.30. The van der Waals surface area contributed by atoms with E-state index in [9.17, 15) is 24.6 Å². The van der Waals surface area contributed by atoms with Crippen LogP contribution in [0.5, 0.6) is 11.8 Å². The lowest BCUT2D eigenvalue weighted by molar-refractivity contribution is -0.145. The van der Waals surface area contributed by atoms with Gasteiger partial charge in [-0.1, -0.05) is 26.2 Å². The van der Waals surface area contributed by atoms with Gasteiger partial charge < -0.3 is 37.2 Å². The third-order valence-electron chi connectivity index (χ3n) is 5.78. The SMILES string of the molecule is CCCCC(N)(N)C(=O)c1cc(O)n(OC(=O)CCCC[C@@H]2SC[C@@H]3NC(=O)N[C@@H]32)c1O. The second kappa shape index (κ2) is 10.0. The molecule has 11 nitrogen and oxygen atoms in total. The number of unbranched alkanes of at least 4 members (excludes halogenated alkanes) is 2. The predicted molar refractivity (Wildman–Crippen MR) is 118 cm³/mol. The summed E-state index contributed by atoms with van der Waals surface area (Å²) in [5.41, 5.74) is 9.72. The van der Waals surface area contributed by atoms with Gasteiger partial charge in [0.2, 0.25) is 17.5 Å². The smallest absolute Gasteiger partial charge is 0.333 e. The Balaban J connectivity index is 1.49. The summed E-state index contributed by atoms with van der Waals surface area (Å²) >= 11 is 1.80. The molecule has 2 amide bonds. The molecule has 3 atom stereocenters. The molecule has 12 heteroatoms. The zero-order valence-corrected chi connectivity index (χ0v) is 18.8. The van der Waals surface area contributed by atoms with E-state index in [0.29, 0.717) is 22.8 Å². The maximum Gasteiger partial charge on any atom is 0.333 e. The van der Waals surface area contributed by atoms with Gasteiger partial charge >= 0.3 is 12.0 Å². The van der Waals surface area contributed by atoms with Crippen molar-refractivity contribution in [1.82, 2.24) is 15.4 Å². The Morgan fingerprint density at radius 3 is 2.75 bits per heavy atom. The molecule has 0 bridgehead atoms. The van der Waals surface area contributed by atoms with Crippen LogP contribution in [0.25, 0.3) is 0 Å². The van der Waals surface area contributed by atoms with Gasteiger partial charge in [-0.05, 0) is 19.3 Å². The first-order valence-electron chi connectivity index (χ1n) is 10.8. The number of fused-ring (bicyclic) bond motifs is 1. The van der Waals surface area contributed by atoms with Crippen molar-refractivity contribution in [2.45, 2.75) is 74.9 Å².